The number of para-hydroxylation sites is 2. The first kappa shape index (κ1) is 36.1. The number of ketones is 1. The summed E-state index contributed by atoms with van der Waals surface area (Å²) in [4.78, 5) is 38.1. The molecule has 61 heavy (non-hydrogen) atoms. The number of phenolic OH excluding ortho intramolecular Hbond substituents is 2. The number of carbonyl (C=O) groups is 1. The molecule has 12 nitrogen and oxygen atoms in total. The predicted molar refractivity (Wildman–Crippen MR) is 236 cm³/mol. The number of anilines is 1. The molecule has 0 atom stereocenters. The first-order valence-corrected chi connectivity index (χ1v) is 19.5. The normalized spacial score (nSPS) is 12.6. The molecule has 0 amide bonds. The molecule has 0 saturated heterocycles. The van der Waals surface area contributed by atoms with E-state index in [4.69, 9.17) is 21.4 Å². The molecule has 2 heterocycles. The molecule has 1 aliphatic rings. The van der Waals surface area contributed by atoms with Crippen molar-refractivity contribution in [3.63, 3.8) is 0 Å². The van der Waals surface area contributed by atoms with Gasteiger partial charge in [0.1, 0.15) is 35.1 Å². The van der Waals surface area contributed by atoms with Gasteiger partial charge in [-0.25, -0.2) is 4.98 Å². The number of hydrogen-bond donors (Lipinski definition) is 3. The number of aromatic nitrogens is 2. The Morgan fingerprint density at radius 1 is 0.639 bits per heavy atom. The Balaban J connectivity index is 0.883. The van der Waals surface area contributed by atoms with Crippen LogP contribution in [0, 0.1) is 0 Å². The Kier molecular flexibility index (Phi) is 8.30. The van der Waals surface area contributed by atoms with Gasteiger partial charge in [0, 0.05) is 43.3 Å². The summed E-state index contributed by atoms with van der Waals surface area (Å²) in [6.07, 6.45) is 0. The van der Waals surface area contributed by atoms with Crippen LogP contribution in [0.2, 0.25) is 5.02 Å². The van der Waals surface area contributed by atoms with E-state index >= 15 is 0 Å². The zero-order valence-electron chi connectivity index (χ0n) is 31.7. The van der Waals surface area contributed by atoms with Crippen molar-refractivity contribution >= 4 is 94.8 Å². The molecule has 0 spiro atoms. The summed E-state index contributed by atoms with van der Waals surface area (Å²) in [5.74, 6) is -0.510. The van der Waals surface area contributed by atoms with E-state index in [2.05, 4.69) is 25.9 Å². The third-order valence-electron chi connectivity index (χ3n) is 11.0. The van der Waals surface area contributed by atoms with Crippen LogP contribution in [0.4, 0.5) is 28.4 Å². The molecule has 10 aromatic rings. The van der Waals surface area contributed by atoms with Crippen LogP contribution < -0.4 is 11.0 Å². The maximum Gasteiger partial charge on any atom is 0.264 e. The Bertz CT molecular complexity index is 3620. The smallest absolute Gasteiger partial charge is 0.264 e. The highest BCUT2D eigenvalue weighted by Crippen LogP contribution is 2.44. The van der Waals surface area contributed by atoms with E-state index in [1.165, 1.54) is 6.07 Å². The number of rotatable bonds is 8. The maximum absolute atomic E-state index is 13.9. The average molecular weight is 818 g/mol. The highest BCUT2D eigenvalue weighted by molar-refractivity contribution is 6.30. The fraction of sp³-hybridized carbons (Fsp3) is 0.0208. The van der Waals surface area contributed by atoms with Crippen molar-refractivity contribution in [2.24, 2.45) is 20.5 Å². The van der Waals surface area contributed by atoms with E-state index in [0.717, 1.165) is 21.9 Å². The van der Waals surface area contributed by atoms with E-state index < -0.39 is 0 Å². The highest BCUT2D eigenvalue weighted by atomic mass is 35.5. The average Bonchev–Trinajstić information content (AvgIpc) is 3.80. The second kappa shape index (κ2) is 14.1. The number of pyridine rings is 1. The van der Waals surface area contributed by atoms with E-state index in [-0.39, 0.29) is 40.8 Å². The minimum atomic E-state index is -0.293. The summed E-state index contributed by atoms with van der Waals surface area (Å²) in [5.41, 5.74) is 9.21. The number of aromatic hydroxyl groups is 2. The quantitative estimate of drug-likeness (QED) is 0.101. The number of azo groups is 2. The summed E-state index contributed by atoms with van der Waals surface area (Å²) < 4.78 is 1.57. The van der Waals surface area contributed by atoms with Gasteiger partial charge in [0.15, 0.2) is 5.78 Å². The lowest BCUT2D eigenvalue weighted by Crippen LogP contribution is -2.13. The molecule has 2 aromatic heterocycles. The van der Waals surface area contributed by atoms with Crippen molar-refractivity contribution in [1.82, 2.24) is 9.38 Å². The molecule has 8 aromatic carbocycles. The number of fused-ring (bicyclic) bond motifs is 8. The number of benzene rings is 8. The van der Waals surface area contributed by atoms with Crippen molar-refractivity contribution in [2.45, 2.75) is 6.61 Å². The molecule has 0 radical (unpaired) electrons. The Labute approximate surface area is 349 Å². The van der Waals surface area contributed by atoms with Crippen molar-refractivity contribution < 1.29 is 19.8 Å². The fourth-order valence-corrected chi connectivity index (χ4v) is 8.37. The van der Waals surface area contributed by atoms with Crippen LogP contribution in [-0.2, 0) is 11.4 Å². The van der Waals surface area contributed by atoms with Gasteiger partial charge in [-0.2, -0.15) is 10.2 Å². The lowest BCUT2D eigenvalue weighted by atomic mass is 10.0. The van der Waals surface area contributed by atoms with Gasteiger partial charge in [0.25, 0.3) is 5.56 Å². The van der Waals surface area contributed by atoms with Crippen LogP contribution in [0.3, 0.4) is 0 Å². The molecule has 13 heteroatoms. The van der Waals surface area contributed by atoms with E-state index in [9.17, 15) is 19.8 Å². The van der Waals surface area contributed by atoms with Gasteiger partial charge in [-0.15, -0.1) is 10.2 Å². The zero-order chi connectivity index (χ0) is 41.4. The molecule has 0 unspecified atom stereocenters. The van der Waals surface area contributed by atoms with Crippen molar-refractivity contribution in [3.05, 3.63) is 172 Å². The van der Waals surface area contributed by atoms with Gasteiger partial charge in [-0.3, -0.25) is 24.3 Å². The number of carbonyl (C=O) groups excluding carboxylic acids is 1. The second-order valence-electron chi connectivity index (χ2n) is 14.6. The summed E-state index contributed by atoms with van der Waals surface area (Å²) >= 11 is 6.09. The Morgan fingerprint density at radius 3 is 2.11 bits per heavy atom. The fourth-order valence-electron chi connectivity index (χ4n) is 8.18. The third kappa shape index (κ3) is 5.92. The van der Waals surface area contributed by atoms with E-state index in [1.54, 1.807) is 52.9 Å². The molecule has 11 rings (SSSR count). The lowest BCUT2D eigenvalue weighted by Gasteiger charge is -2.12. The van der Waals surface area contributed by atoms with Gasteiger partial charge >= 0.3 is 0 Å². The van der Waals surface area contributed by atoms with Gasteiger partial charge in [-0.05, 0) is 83.2 Å². The predicted octanol–water partition coefficient (Wildman–Crippen LogP) is 12.4. The zero-order valence-corrected chi connectivity index (χ0v) is 32.4. The molecule has 3 N–H and O–H groups in total. The van der Waals surface area contributed by atoms with Crippen LogP contribution in [-0.4, -0.2) is 25.4 Å². The lowest BCUT2D eigenvalue weighted by molar-refractivity contribution is 0.104. The van der Waals surface area contributed by atoms with Crippen LogP contribution >= 0.6 is 11.6 Å². The topological polar surface area (TPSA) is 163 Å². The van der Waals surface area contributed by atoms with Crippen LogP contribution in [0.15, 0.2) is 165 Å². The number of nitrogens with one attached hydrogen (secondary N) is 1. The number of imidazole rings is 1. The number of nitrogens with zero attached hydrogens (tertiary/aromatic N) is 6. The third-order valence-corrected chi connectivity index (χ3v) is 11.2. The molecule has 0 bridgehead atoms. The summed E-state index contributed by atoms with van der Waals surface area (Å²) in [5, 5.41) is 44.8. The molecule has 0 fully saturated rings. The van der Waals surface area contributed by atoms with Crippen LogP contribution in [0.1, 0.15) is 21.5 Å². The number of halogens is 1. The van der Waals surface area contributed by atoms with Gasteiger partial charge in [0.05, 0.1) is 33.5 Å². The van der Waals surface area contributed by atoms with Crippen LogP contribution in [0.25, 0.3) is 60.1 Å². The van der Waals surface area contributed by atoms with Gasteiger partial charge in [0.2, 0.25) is 0 Å². The highest BCUT2D eigenvalue weighted by Gasteiger charge is 2.28. The monoisotopic (exact) mass is 817 g/mol. The number of phenols is 2. The molecular weight excluding hydrogens is 790 g/mol. The van der Waals surface area contributed by atoms with Gasteiger partial charge in [-0.1, -0.05) is 84.4 Å². The number of hydrogen-bond acceptors (Lipinski definition) is 11. The summed E-state index contributed by atoms with van der Waals surface area (Å²) in [7, 11) is 0. The summed E-state index contributed by atoms with van der Waals surface area (Å²) in [6, 6.07) is 41.3. The molecular formula is C48H28ClN7O5. The van der Waals surface area contributed by atoms with Crippen molar-refractivity contribution in [2.75, 3.05) is 5.48 Å². The largest absolute Gasteiger partial charge is 0.506 e. The first-order chi connectivity index (χ1) is 29.8. The molecule has 292 valence electrons. The SMILES string of the molecule is O=C1c2cc(N=Nc3c(O)c(CONc4cccc(Cl)c4)cc4ccccc34)ccc2-c2ccc(N=Nc3c(O)cc4c(=O)n5c6ccccc6nc5c5cccc3c45)cc21. The second-order valence-corrected chi connectivity index (χ2v) is 15.1. The first-order valence-electron chi connectivity index (χ1n) is 19.2. The van der Waals surface area contributed by atoms with E-state index in [0.29, 0.717) is 77.0 Å². The minimum absolute atomic E-state index is 0.0233. The maximum atomic E-state index is 13.9. The van der Waals surface area contributed by atoms with Crippen molar-refractivity contribution in [1.29, 1.82) is 0 Å². The molecule has 0 aliphatic heterocycles. The standard InChI is InChI=1S/C48H28ClN7O5/c49-27-8-5-9-30(20-27)55-61-24-26-19-25-7-1-2-10-31(25)44(45(26)58)54-52-29-16-18-33-32-17-15-28(21-36(32)46(59)37(33)22-29)51-53-43-34-11-6-12-35-42(34)38(23-41(43)57)48(60)56-40-14-4-3-13-39(40)50-47(35)56/h1-23,55,57-58H,24H2. The van der Waals surface area contributed by atoms with Crippen molar-refractivity contribution in [3.8, 4) is 22.6 Å². The Morgan fingerprint density at radius 2 is 1.33 bits per heavy atom. The van der Waals surface area contributed by atoms with Gasteiger partial charge < -0.3 is 10.2 Å². The van der Waals surface area contributed by atoms with E-state index in [1.807, 2.05) is 84.9 Å². The minimum Gasteiger partial charge on any atom is -0.506 e. The Hall–Kier alpha value is -8.06. The van der Waals surface area contributed by atoms with Crippen LogP contribution in [0.5, 0.6) is 11.5 Å². The summed E-state index contributed by atoms with van der Waals surface area (Å²) in [6.45, 7) is 0.0233. The molecule has 0 saturated carbocycles. The molecule has 1 aliphatic carbocycles.